The molecule has 1 heterocycles. The Kier molecular flexibility index (Phi) is 3.94. The summed E-state index contributed by atoms with van der Waals surface area (Å²) in [5.74, 6) is -0.337. The maximum Gasteiger partial charge on any atom is 0.337 e. The van der Waals surface area contributed by atoms with Gasteiger partial charge in [0.25, 0.3) is 0 Å². The second kappa shape index (κ2) is 5.64. The predicted octanol–water partition coefficient (Wildman–Crippen LogP) is 2.65. The van der Waals surface area contributed by atoms with E-state index in [-0.39, 0.29) is 5.97 Å². The minimum atomic E-state index is -0.337. The fourth-order valence-electron chi connectivity index (χ4n) is 1.49. The lowest BCUT2D eigenvalue weighted by Gasteiger charge is -2.03. The van der Waals surface area contributed by atoms with E-state index in [1.165, 1.54) is 18.9 Å². The van der Waals surface area contributed by atoms with Crippen molar-refractivity contribution in [2.24, 2.45) is 0 Å². The van der Waals surface area contributed by atoms with Crippen LogP contribution < -0.4 is 0 Å². The Morgan fingerprint density at radius 2 is 1.72 bits per heavy atom. The van der Waals surface area contributed by atoms with Crippen LogP contribution in [0.4, 0.5) is 0 Å². The van der Waals surface area contributed by atoms with Crippen LogP contribution in [0, 0.1) is 0 Å². The van der Waals surface area contributed by atoms with E-state index < -0.39 is 0 Å². The van der Waals surface area contributed by atoms with Crippen LogP contribution in [0.25, 0.3) is 11.1 Å². The third kappa shape index (κ3) is 2.68. The minimum Gasteiger partial charge on any atom is -0.465 e. The number of methoxy groups -OCH3 is 1. The van der Waals surface area contributed by atoms with E-state index in [9.17, 15) is 4.79 Å². The number of thioether (sulfide) groups is 1. The van der Waals surface area contributed by atoms with E-state index in [0.29, 0.717) is 5.56 Å². The summed E-state index contributed by atoms with van der Waals surface area (Å²) in [6.07, 6.45) is 5.47. The summed E-state index contributed by atoms with van der Waals surface area (Å²) in [6.45, 7) is 0. The first-order chi connectivity index (χ1) is 8.74. The Labute approximate surface area is 109 Å². The number of aromatic nitrogens is 2. The van der Waals surface area contributed by atoms with Crippen LogP contribution >= 0.6 is 11.8 Å². The molecule has 92 valence electrons. The number of hydrogen-bond donors (Lipinski definition) is 0. The highest BCUT2D eigenvalue weighted by Crippen LogP contribution is 2.19. The van der Waals surface area contributed by atoms with E-state index in [0.717, 1.165) is 16.3 Å². The molecule has 0 spiro atoms. The molecule has 0 aliphatic carbocycles. The number of esters is 1. The van der Waals surface area contributed by atoms with Crippen molar-refractivity contribution in [2.45, 2.75) is 5.16 Å². The smallest absolute Gasteiger partial charge is 0.337 e. The van der Waals surface area contributed by atoms with Crippen molar-refractivity contribution in [3.8, 4) is 11.1 Å². The van der Waals surface area contributed by atoms with Crippen molar-refractivity contribution in [2.75, 3.05) is 13.4 Å². The highest BCUT2D eigenvalue weighted by atomic mass is 32.2. The van der Waals surface area contributed by atoms with Crippen LogP contribution in [0.5, 0.6) is 0 Å². The monoisotopic (exact) mass is 260 g/mol. The third-order valence-electron chi connectivity index (χ3n) is 2.45. The van der Waals surface area contributed by atoms with E-state index in [1.54, 1.807) is 24.5 Å². The lowest BCUT2D eigenvalue weighted by Crippen LogP contribution is -2.00. The van der Waals surface area contributed by atoms with Crippen LogP contribution in [0.15, 0.2) is 41.8 Å². The van der Waals surface area contributed by atoms with Gasteiger partial charge < -0.3 is 4.74 Å². The topological polar surface area (TPSA) is 52.1 Å². The lowest BCUT2D eigenvalue weighted by atomic mass is 10.1. The fraction of sp³-hybridized carbons (Fsp3) is 0.154. The largest absolute Gasteiger partial charge is 0.465 e. The summed E-state index contributed by atoms with van der Waals surface area (Å²) in [4.78, 5) is 19.7. The molecule has 0 N–H and O–H groups in total. The van der Waals surface area contributed by atoms with Gasteiger partial charge in [0.15, 0.2) is 5.16 Å². The molecular formula is C13H12N2O2S. The fourth-order valence-corrected chi connectivity index (χ4v) is 1.80. The zero-order valence-electron chi connectivity index (χ0n) is 10.1. The second-order valence-corrected chi connectivity index (χ2v) is 4.30. The maximum absolute atomic E-state index is 11.3. The van der Waals surface area contributed by atoms with Crippen LogP contribution in [-0.2, 0) is 4.74 Å². The SMILES string of the molecule is COC(=O)c1ccc(-c2cnc(SC)nc2)cc1. The highest BCUT2D eigenvalue weighted by Gasteiger charge is 2.05. The molecule has 1 aromatic carbocycles. The van der Waals surface area contributed by atoms with Crippen LogP contribution in [0.2, 0.25) is 0 Å². The van der Waals surface area contributed by atoms with Gasteiger partial charge in [0.05, 0.1) is 12.7 Å². The summed E-state index contributed by atoms with van der Waals surface area (Å²) in [6, 6.07) is 7.15. The molecule has 0 bridgehead atoms. The van der Waals surface area contributed by atoms with E-state index >= 15 is 0 Å². The number of nitrogens with zero attached hydrogens (tertiary/aromatic N) is 2. The van der Waals surface area contributed by atoms with E-state index in [1.807, 2.05) is 18.4 Å². The van der Waals surface area contributed by atoms with E-state index in [4.69, 9.17) is 0 Å². The molecule has 0 amide bonds. The number of benzene rings is 1. The molecule has 1 aromatic heterocycles. The molecule has 0 fully saturated rings. The number of ether oxygens (including phenoxy) is 1. The van der Waals surface area contributed by atoms with Gasteiger partial charge in [-0.05, 0) is 24.0 Å². The third-order valence-corrected chi connectivity index (χ3v) is 3.03. The summed E-state index contributed by atoms with van der Waals surface area (Å²) in [7, 11) is 1.37. The molecule has 0 aliphatic heterocycles. The molecule has 18 heavy (non-hydrogen) atoms. The maximum atomic E-state index is 11.3. The second-order valence-electron chi connectivity index (χ2n) is 3.53. The Morgan fingerprint density at radius 1 is 1.11 bits per heavy atom. The van der Waals surface area contributed by atoms with E-state index in [2.05, 4.69) is 14.7 Å². The number of rotatable bonds is 3. The zero-order chi connectivity index (χ0) is 13.0. The molecule has 4 nitrogen and oxygen atoms in total. The summed E-state index contributed by atoms with van der Waals surface area (Å²) in [5, 5.41) is 0.741. The van der Waals surface area contributed by atoms with Gasteiger partial charge in [-0.15, -0.1) is 0 Å². The Balaban J connectivity index is 2.25. The molecule has 2 rings (SSSR count). The molecule has 5 heteroatoms. The first-order valence-electron chi connectivity index (χ1n) is 5.29. The van der Waals surface area contributed by atoms with Crippen LogP contribution in [0.3, 0.4) is 0 Å². The van der Waals surface area contributed by atoms with Gasteiger partial charge in [0.1, 0.15) is 0 Å². The van der Waals surface area contributed by atoms with Gasteiger partial charge in [0.2, 0.25) is 0 Å². The van der Waals surface area contributed by atoms with Crippen molar-refractivity contribution in [1.29, 1.82) is 0 Å². The first kappa shape index (κ1) is 12.6. The quantitative estimate of drug-likeness (QED) is 0.482. The Morgan fingerprint density at radius 3 is 2.22 bits per heavy atom. The molecule has 2 aromatic rings. The standard InChI is InChI=1S/C13H12N2O2S/c1-17-12(16)10-5-3-9(4-6-10)11-7-14-13(18-2)15-8-11/h3-8H,1-2H3. The predicted molar refractivity (Wildman–Crippen MR) is 70.6 cm³/mol. The van der Waals surface area contributed by atoms with Gasteiger partial charge in [-0.3, -0.25) is 0 Å². The first-order valence-corrected chi connectivity index (χ1v) is 6.52. The van der Waals surface area contributed by atoms with Crippen molar-refractivity contribution >= 4 is 17.7 Å². The zero-order valence-corrected chi connectivity index (χ0v) is 10.9. The average molecular weight is 260 g/mol. The molecule has 0 saturated carbocycles. The normalized spacial score (nSPS) is 10.1. The number of carbonyl (C=O) groups is 1. The van der Waals surface area contributed by atoms with Crippen molar-refractivity contribution in [1.82, 2.24) is 9.97 Å². The Bertz CT molecular complexity index is 538. The lowest BCUT2D eigenvalue weighted by molar-refractivity contribution is 0.0601. The van der Waals surface area contributed by atoms with Crippen molar-refractivity contribution < 1.29 is 9.53 Å². The minimum absolute atomic E-state index is 0.337. The average Bonchev–Trinajstić information content (AvgIpc) is 2.47. The van der Waals surface area contributed by atoms with Gasteiger partial charge in [0, 0.05) is 18.0 Å². The number of hydrogen-bond acceptors (Lipinski definition) is 5. The summed E-state index contributed by atoms with van der Waals surface area (Å²) >= 11 is 1.50. The molecule has 0 aliphatic rings. The van der Waals surface area contributed by atoms with Gasteiger partial charge in [-0.1, -0.05) is 23.9 Å². The number of carbonyl (C=O) groups excluding carboxylic acids is 1. The molecule has 0 radical (unpaired) electrons. The van der Waals surface area contributed by atoms with Gasteiger partial charge in [-0.25, -0.2) is 14.8 Å². The molecule has 0 unspecified atom stereocenters. The highest BCUT2D eigenvalue weighted by molar-refractivity contribution is 7.98. The van der Waals surface area contributed by atoms with Gasteiger partial charge in [-0.2, -0.15) is 0 Å². The molecule has 0 atom stereocenters. The van der Waals surface area contributed by atoms with Crippen molar-refractivity contribution in [3.05, 3.63) is 42.2 Å². The van der Waals surface area contributed by atoms with Crippen molar-refractivity contribution in [3.63, 3.8) is 0 Å². The van der Waals surface area contributed by atoms with Gasteiger partial charge >= 0.3 is 5.97 Å². The Hall–Kier alpha value is -1.88. The summed E-state index contributed by atoms with van der Waals surface area (Å²) < 4.78 is 4.65. The molecular weight excluding hydrogens is 248 g/mol. The molecule has 0 saturated heterocycles. The van der Waals surface area contributed by atoms with Crippen LogP contribution in [-0.4, -0.2) is 29.3 Å². The summed E-state index contributed by atoms with van der Waals surface area (Å²) in [5.41, 5.74) is 2.42. The van der Waals surface area contributed by atoms with Crippen LogP contribution in [0.1, 0.15) is 10.4 Å².